The van der Waals surface area contributed by atoms with Gasteiger partial charge in [0.2, 0.25) is 0 Å². The van der Waals surface area contributed by atoms with E-state index in [0.29, 0.717) is 0 Å². The average molecular weight is 314 g/mol. The molecule has 2 heterocycles. The van der Waals surface area contributed by atoms with Crippen LogP contribution in [0.1, 0.15) is 6.92 Å². The Morgan fingerprint density at radius 3 is 2.65 bits per heavy atom. The number of methoxy groups -OCH3 is 1. The molecular weight excluding hydrogens is 294 g/mol. The number of nitrogens with zero attached hydrogens (tertiary/aromatic N) is 3. The van der Waals surface area contributed by atoms with E-state index in [1.54, 1.807) is 18.4 Å². The highest BCUT2D eigenvalue weighted by molar-refractivity contribution is 7.22. The van der Waals surface area contributed by atoms with Gasteiger partial charge in [0.05, 0.1) is 17.3 Å². The molecule has 0 atom stereocenters. The average Bonchev–Trinajstić information content (AvgIpc) is 2.90. The first-order valence-corrected chi connectivity index (χ1v) is 7.53. The minimum atomic E-state index is 0. The molecule has 1 fully saturated rings. The summed E-state index contributed by atoms with van der Waals surface area (Å²) in [6, 6.07) is 6.08. The number of thiazole rings is 1. The summed E-state index contributed by atoms with van der Waals surface area (Å²) in [7, 11) is 1.70. The molecule has 0 radical (unpaired) electrons. The van der Waals surface area contributed by atoms with Crippen molar-refractivity contribution in [1.82, 2.24) is 9.88 Å². The van der Waals surface area contributed by atoms with Crippen LogP contribution in [0, 0.1) is 0 Å². The number of halogens is 1. The zero-order chi connectivity index (χ0) is 13.2. The fourth-order valence-corrected chi connectivity index (χ4v) is 3.46. The lowest BCUT2D eigenvalue weighted by atomic mass is 10.3. The van der Waals surface area contributed by atoms with Crippen LogP contribution in [-0.4, -0.2) is 49.7 Å². The van der Waals surface area contributed by atoms with Crippen LogP contribution < -0.4 is 9.64 Å². The molecule has 3 rings (SSSR count). The Hall–Kier alpha value is -1.04. The van der Waals surface area contributed by atoms with E-state index in [1.165, 1.54) is 4.70 Å². The van der Waals surface area contributed by atoms with E-state index in [-0.39, 0.29) is 12.4 Å². The van der Waals surface area contributed by atoms with Gasteiger partial charge < -0.3 is 14.5 Å². The largest absolute Gasteiger partial charge is 0.497 e. The molecule has 0 amide bonds. The van der Waals surface area contributed by atoms with Gasteiger partial charge in [-0.05, 0) is 24.7 Å². The first-order chi connectivity index (χ1) is 9.30. The summed E-state index contributed by atoms with van der Waals surface area (Å²) in [4.78, 5) is 9.60. The Morgan fingerprint density at radius 1 is 1.25 bits per heavy atom. The Bertz CT molecular complexity index is 567. The topological polar surface area (TPSA) is 28.6 Å². The summed E-state index contributed by atoms with van der Waals surface area (Å²) in [5, 5.41) is 1.14. The highest BCUT2D eigenvalue weighted by Crippen LogP contribution is 2.31. The Balaban J connectivity index is 0.00000147. The maximum atomic E-state index is 5.26. The van der Waals surface area contributed by atoms with Gasteiger partial charge in [0.25, 0.3) is 0 Å². The van der Waals surface area contributed by atoms with Crippen molar-refractivity contribution in [3.05, 3.63) is 18.2 Å². The van der Waals surface area contributed by atoms with Gasteiger partial charge in [-0.3, -0.25) is 0 Å². The maximum absolute atomic E-state index is 5.26. The number of benzene rings is 1. The van der Waals surface area contributed by atoms with Gasteiger partial charge in [-0.1, -0.05) is 18.3 Å². The number of rotatable bonds is 3. The molecule has 0 unspecified atom stereocenters. The molecule has 1 saturated heterocycles. The normalized spacial score (nSPS) is 16.2. The maximum Gasteiger partial charge on any atom is 0.186 e. The highest BCUT2D eigenvalue weighted by Gasteiger charge is 2.18. The van der Waals surface area contributed by atoms with Crippen molar-refractivity contribution in [1.29, 1.82) is 0 Å². The Labute approximate surface area is 129 Å². The molecule has 6 heteroatoms. The third kappa shape index (κ3) is 3.00. The van der Waals surface area contributed by atoms with Crippen molar-refractivity contribution in [3.8, 4) is 5.75 Å². The lowest BCUT2D eigenvalue weighted by Crippen LogP contribution is -2.46. The van der Waals surface area contributed by atoms with Crippen molar-refractivity contribution in [2.45, 2.75) is 6.92 Å². The standard InChI is InChI=1S/C14H19N3OS.ClH/c1-3-16-6-8-17(9-7-16)14-15-12-5-4-11(18-2)10-13(12)19-14;/h4-5,10H,3,6-9H2,1-2H3;1H. The molecule has 4 nitrogen and oxygen atoms in total. The number of piperazine rings is 1. The molecule has 0 spiro atoms. The van der Waals surface area contributed by atoms with Crippen LogP contribution >= 0.6 is 23.7 Å². The van der Waals surface area contributed by atoms with Gasteiger partial charge in [0.15, 0.2) is 5.13 Å². The quantitative estimate of drug-likeness (QED) is 0.871. The van der Waals surface area contributed by atoms with Crippen LogP contribution in [0.2, 0.25) is 0 Å². The molecule has 110 valence electrons. The molecule has 0 saturated carbocycles. The molecule has 0 N–H and O–H groups in total. The smallest absolute Gasteiger partial charge is 0.186 e. The van der Waals surface area contributed by atoms with Crippen LogP contribution in [0.5, 0.6) is 5.75 Å². The predicted molar refractivity (Wildman–Crippen MR) is 87.7 cm³/mol. The number of hydrogen-bond acceptors (Lipinski definition) is 5. The second-order valence-electron chi connectivity index (χ2n) is 4.75. The lowest BCUT2D eigenvalue weighted by molar-refractivity contribution is 0.271. The second-order valence-corrected chi connectivity index (χ2v) is 5.76. The number of fused-ring (bicyclic) bond motifs is 1. The molecule has 0 bridgehead atoms. The van der Waals surface area contributed by atoms with Gasteiger partial charge in [0.1, 0.15) is 5.75 Å². The van der Waals surface area contributed by atoms with Crippen molar-refractivity contribution in [2.24, 2.45) is 0 Å². The molecule has 0 aliphatic carbocycles. The molecule has 1 aliphatic rings. The lowest BCUT2D eigenvalue weighted by Gasteiger charge is -2.33. The van der Waals surface area contributed by atoms with E-state index >= 15 is 0 Å². The minimum Gasteiger partial charge on any atom is -0.497 e. The van der Waals surface area contributed by atoms with E-state index < -0.39 is 0 Å². The number of aromatic nitrogens is 1. The zero-order valence-corrected chi connectivity index (χ0v) is 13.5. The number of likely N-dealkylation sites (N-methyl/N-ethyl adjacent to an activating group) is 1. The summed E-state index contributed by atoms with van der Waals surface area (Å²) in [5.74, 6) is 0.901. The van der Waals surface area contributed by atoms with Gasteiger partial charge >= 0.3 is 0 Å². The third-order valence-corrected chi connectivity index (χ3v) is 4.75. The summed E-state index contributed by atoms with van der Waals surface area (Å²) in [6.45, 7) is 7.78. The fourth-order valence-electron chi connectivity index (χ4n) is 2.41. The van der Waals surface area contributed by atoms with E-state index in [2.05, 4.69) is 22.8 Å². The van der Waals surface area contributed by atoms with Crippen molar-refractivity contribution < 1.29 is 4.74 Å². The van der Waals surface area contributed by atoms with Crippen LogP contribution in [0.4, 0.5) is 5.13 Å². The molecule has 1 aromatic heterocycles. The van der Waals surface area contributed by atoms with Crippen LogP contribution in [0.3, 0.4) is 0 Å². The zero-order valence-electron chi connectivity index (χ0n) is 11.8. The second kappa shape index (κ2) is 6.61. The van der Waals surface area contributed by atoms with E-state index in [9.17, 15) is 0 Å². The van der Waals surface area contributed by atoms with E-state index in [1.807, 2.05) is 12.1 Å². The van der Waals surface area contributed by atoms with Gasteiger partial charge in [-0.25, -0.2) is 4.98 Å². The first kappa shape index (κ1) is 15.4. The number of ether oxygens (including phenoxy) is 1. The Kier molecular flexibility index (Phi) is 5.07. The summed E-state index contributed by atoms with van der Waals surface area (Å²) in [6.07, 6.45) is 0. The molecule has 1 aliphatic heterocycles. The third-order valence-electron chi connectivity index (χ3n) is 3.67. The van der Waals surface area contributed by atoms with Crippen LogP contribution in [-0.2, 0) is 0 Å². The molecular formula is C14H20ClN3OS. The van der Waals surface area contributed by atoms with Crippen molar-refractivity contribution in [2.75, 3.05) is 44.7 Å². The number of anilines is 1. The van der Waals surface area contributed by atoms with Crippen LogP contribution in [0.25, 0.3) is 10.2 Å². The van der Waals surface area contributed by atoms with Gasteiger partial charge in [-0.2, -0.15) is 0 Å². The highest BCUT2D eigenvalue weighted by atomic mass is 35.5. The van der Waals surface area contributed by atoms with E-state index in [4.69, 9.17) is 9.72 Å². The first-order valence-electron chi connectivity index (χ1n) is 6.72. The Morgan fingerprint density at radius 2 is 2.00 bits per heavy atom. The van der Waals surface area contributed by atoms with Crippen LogP contribution in [0.15, 0.2) is 18.2 Å². The summed E-state index contributed by atoms with van der Waals surface area (Å²) >= 11 is 1.76. The summed E-state index contributed by atoms with van der Waals surface area (Å²) in [5.41, 5.74) is 1.07. The number of hydrogen-bond donors (Lipinski definition) is 0. The predicted octanol–water partition coefficient (Wildman–Crippen LogP) is 2.87. The molecule has 20 heavy (non-hydrogen) atoms. The molecule has 1 aromatic carbocycles. The monoisotopic (exact) mass is 313 g/mol. The van der Waals surface area contributed by atoms with Gasteiger partial charge in [-0.15, -0.1) is 12.4 Å². The fraction of sp³-hybridized carbons (Fsp3) is 0.500. The summed E-state index contributed by atoms with van der Waals surface area (Å²) < 4.78 is 6.47. The van der Waals surface area contributed by atoms with Crippen molar-refractivity contribution in [3.63, 3.8) is 0 Å². The van der Waals surface area contributed by atoms with E-state index in [0.717, 1.165) is 49.1 Å². The molecule has 2 aromatic rings. The van der Waals surface area contributed by atoms with Gasteiger partial charge in [0, 0.05) is 26.2 Å². The van der Waals surface area contributed by atoms with Crippen molar-refractivity contribution >= 4 is 39.1 Å². The minimum absolute atomic E-state index is 0. The SMILES string of the molecule is CCN1CCN(c2nc3ccc(OC)cc3s2)CC1.Cl.